The van der Waals surface area contributed by atoms with Gasteiger partial charge < -0.3 is 5.23 Å². The molecule has 1 radical (unpaired) electrons. The Bertz CT molecular complexity index is 360. The molecule has 0 fully saturated rings. The summed E-state index contributed by atoms with van der Waals surface area (Å²) in [5.74, 6) is 0. The van der Waals surface area contributed by atoms with Gasteiger partial charge >= 0.3 is 0 Å². The molecule has 0 spiro atoms. The van der Waals surface area contributed by atoms with E-state index in [9.17, 15) is 0 Å². The molecule has 0 saturated heterocycles. The average Bonchev–Trinajstić information content (AvgIpc) is 2.33. The monoisotopic (exact) mass is 196 g/mol. The van der Waals surface area contributed by atoms with Gasteiger partial charge in [-0.3, -0.25) is 0 Å². The highest BCUT2D eigenvalue weighted by molar-refractivity contribution is 6.77. The predicted octanol–water partition coefficient (Wildman–Crippen LogP) is -0.0145. The maximum atomic E-state index is 2.24. The molecule has 0 aliphatic rings. The summed E-state index contributed by atoms with van der Waals surface area (Å²) in [5, 5.41) is 2.24. The van der Waals surface area contributed by atoms with Gasteiger partial charge in [-0.25, -0.2) is 0 Å². The molecule has 2 rings (SSSR count). The highest BCUT2D eigenvalue weighted by Gasteiger charge is 2.06. The fourth-order valence-corrected chi connectivity index (χ4v) is 1.90. The Hall–Kier alpha value is -1.54. The lowest BCUT2D eigenvalue weighted by atomic mass is 9.51. The number of hydrogen-bond acceptors (Lipinski definition) is 0. The van der Waals surface area contributed by atoms with Crippen molar-refractivity contribution in [1.29, 1.82) is 0 Å². The zero-order chi connectivity index (χ0) is 10.5. The van der Waals surface area contributed by atoms with E-state index < -0.39 is 0 Å². The van der Waals surface area contributed by atoms with E-state index in [0.717, 1.165) is 0 Å². The predicted molar refractivity (Wildman–Crippen MR) is 65.8 cm³/mol. The molecule has 2 N–H and O–H groups in total. The van der Waals surface area contributed by atoms with Crippen molar-refractivity contribution in [3.05, 3.63) is 60.7 Å². The molecular weight excluding hydrogens is 181 g/mol. The lowest BCUT2D eigenvalue weighted by Gasteiger charge is -2.22. The van der Waals surface area contributed by atoms with E-state index in [1.54, 1.807) is 0 Å². The van der Waals surface area contributed by atoms with E-state index in [-0.39, 0.29) is 0 Å². The minimum atomic E-state index is 0.410. The van der Waals surface area contributed by atoms with Crippen molar-refractivity contribution in [2.24, 2.45) is 0 Å². The normalized spacial score (nSPS) is 10.5. The van der Waals surface area contributed by atoms with Gasteiger partial charge in [-0.2, -0.15) is 10.9 Å². The van der Waals surface area contributed by atoms with E-state index >= 15 is 0 Å². The second kappa shape index (κ2) is 4.81. The molecule has 2 heteroatoms. The van der Waals surface area contributed by atoms with Crippen LogP contribution in [0.15, 0.2) is 60.7 Å². The van der Waals surface area contributed by atoms with Crippen LogP contribution in [-0.2, 0) is 0 Å². The fraction of sp³-hybridized carbons (Fsp3) is 0.0769. The third-order valence-electron chi connectivity index (χ3n) is 2.65. The van der Waals surface area contributed by atoms with Crippen molar-refractivity contribution >= 4 is 17.8 Å². The molecule has 0 unspecified atom stereocenters. The van der Waals surface area contributed by atoms with Crippen molar-refractivity contribution in [2.45, 2.75) is 0 Å². The Kier molecular flexibility index (Phi) is 3.20. The summed E-state index contributed by atoms with van der Waals surface area (Å²) < 4.78 is 0. The Labute approximate surface area is 91.2 Å². The van der Waals surface area contributed by atoms with E-state index in [4.69, 9.17) is 0 Å². The highest BCUT2D eigenvalue weighted by Crippen LogP contribution is 1.87. The molecule has 0 aromatic heterocycles. The van der Waals surface area contributed by atoms with Gasteiger partial charge in [0.1, 0.15) is 0 Å². The van der Waals surface area contributed by atoms with Crippen molar-refractivity contribution in [3.8, 4) is 0 Å². The first kappa shape index (κ1) is 10.00. The molecule has 0 bridgehead atoms. The summed E-state index contributed by atoms with van der Waals surface area (Å²) in [7, 11) is 2.12. The summed E-state index contributed by atoms with van der Waals surface area (Å²) in [6.45, 7) is 0.410. The minimum Gasteiger partial charge on any atom is -0.553 e. The van der Waals surface area contributed by atoms with Crippen LogP contribution in [0.5, 0.6) is 0 Å². The van der Waals surface area contributed by atoms with Crippen molar-refractivity contribution in [2.75, 3.05) is 7.05 Å². The van der Waals surface area contributed by atoms with Crippen LogP contribution in [0.3, 0.4) is 0 Å². The van der Waals surface area contributed by atoms with Gasteiger partial charge in [-0.15, -0.1) is 0 Å². The number of hydrogen-bond donors (Lipinski definition) is 1. The Morgan fingerprint density at radius 3 is 1.47 bits per heavy atom. The molecule has 75 valence electrons. The van der Waals surface area contributed by atoms with Crippen LogP contribution in [0.25, 0.3) is 0 Å². The molecule has 0 saturated carbocycles. The van der Waals surface area contributed by atoms with E-state index in [0.29, 0.717) is 6.85 Å². The van der Waals surface area contributed by atoms with Crippen molar-refractivity contribution in [3.63, 3.8) is 0 Å². The minimum absolute atomic E-state index is 0.410. The van der Waals surface area contributed by atoms with Crippen LogP contribution >= 0.6 is 0 Å². The summed E-state index contributed by atoms with van der Waals surface area (Å²) >= 11 is 0. The van der Waals surface area contributed by atoms with Crippen molar-refractivity contribution < 1.29 is 5.23 Å². The van der Waals surface area contributed by atoms with Crippen LogP contribution in [-0.4, -0.2) is 13.9 Å². The Morgan fingerprint density at radius 1 is 0.733 bits per heavy atom. The summed E-state index contributed by atoms with van der Waals surface area (Å²) in [6, 6.07) is 21.2. The standard InChI is InChI=1S/C13H15BN/c1-15-14(12-8-4-2-5-9-12)13-10-6-3-7-11-13/h2-11H,15H2,1H3. The zero-order valence-electron chi connectivity index (χ0n) is 8.93. The average molecular weight is 196 g/mol. The molecule has 2 aromatic carbocycles. The van der Waals surface area contributed by atoms with Crippen LogP contribution in [0.1, 0.15) is 0 Å². The quantitative estimate of drug-likeness (QED) is 0.664. The number of nitrogens with two attached hydrogens (primary N) is 1. The molecule has 0 aliphatic carbocycles. The Balaban J connectivity index is 2.34. The summed E-state index contributed by atoms with van der Waals surface area (Å²) in [4.78, 5) is 0. The first-order valence-corrected chi connectivity index (χ1v) is 5.31. The molecule has 1 nitrogen and oxygen atoms in total. The zero-order valence-corrected chi connectivity index (χ0v) is 8.93. The largest absolute Gasteiger partial charge is 0.553 e. The van der Waals surface area contributed by atoms with E-state index in [1.807, 2.05) is 0 Å². The summed E-state index contributed by atoms with van der Waals surface area (Å²) in [6.07, 6.45) is 0. The summed E-state index contributed by atoms with van der Waals surface area (Å²) in [5.41, 5.74) is 2.71. The van der Waals surface area contributed by atoms with Crippen LogP contribution in [0.4, 0.5) is 0 Å². The number of benzene rings is 2. The number of quaternary nitrogens is 1. The van der Waals surface area contributed by atoms with Gasteiger partial charge in [0.25, 0.3) is 0 Å². The second-order valence-corrected chi connectivity index (χ2v) is 3.63. The molecular formula is C13H15BN. The van der Waals surface area contributed by atoms with Crippen molar-refractivity contribution in [1.82, 2.24) is 0 Å². The molecule has 0 atom stereocenters. The third kappa shape index (κ3) is 2.28. The maximum Gasteiger partial charge on any atom is 0.190 e. The smallest absolute Gasteiger partial charge is 0.190 e. The third-order valence-corrected chi connectivity index (χ3v) is 2.65. The SMILES string of the molecule is C[NH2+][B-](c1ccccc1)c1ccccc1. The van der Waals surface area contributed by atoms with Gasteiger partial charge in [0.2, 0.25) is 0 Å². The van der Waals surface area contributed by atoms with Crippen LogP contribution < -0.4 is 16.2 Å². The second-order valence-electron chi connectivity index (χ2n) is 3.63. The fourth-order valence-electron chi connectivity index (χ4n) is 1.90. The first-order valence-electron chi connectivity index (χ1n) is 5.31. The lowest BCUT2D eigenvalue weighted by Crippen LogP contribution is -2.96. The molecule has 0 heterocycles. The topological polar surface area (TPSA) is 16.6 Å². The Morgan fingerprint density at radius 2 is 1.13 bits per heavy atom. The molecule has 15 heavy (non-hydrogen) atoms. The maximum absolute atomic E-state index is 2.24. The molecule has 0 amide bonds. The van der Waals surface area contributed by atoms with Gasteiger partial charge in [0.15, 0.2) is 6.85 Å². The van der Waals surface area contributed by atoms with E-state index in [1.165, 1.54) is 10.9 Å². The van der Waals surface area contributed by atoms with Gasteiger partial charge in [-0.05, 0) is 0 Å². The first-order chi connectivity index (χ1) is 7.42. The van der Waals surface area contributed by atoms with Gasteiger partial charge in [-0.1, -0.05) is 60.7 Å². The molecule has 2 aromatic rings. The van der Waals surface area contributed by atoms with Crippen LogP contribution in [0.2, 0.25) is 0 Å². The van der Waals surface area contributed by atoms with Crippen LogP contribution in [0, 0.1) is 0 Å². The highest BCUT2D eigenvalue weighted by atomic mass is 14.7. The van der Waals surface area contributed by atoms with Gasteiger partial charge in [0, 0.05) is 7.05 Å². The molecule has 0 aliphatic heterocycles. The lowest BCUT2D eigenvalue weighted by molar-refractivity contribution is -0.483. The van der Waals surface area contributed by atoms with E-state index in [2.05, 4.69) is 72.9 Å². The number of rotatable bonds is 3. The van der Waals surface area contributed by atoms with Gasteiger partial charge in [0.05, 0.1) is 0 Å².